The van der Waals surface area contributed by atoms with Gasteiger partial charge in [-0.3, -0.25) is 0 Å². The summed E-state index contributed by atoms with van der Waals surface area (Å²) < 4.78 is 37.9. The summed E-state index contributed by atoms with van der Waals surface area (Å²) in [7, 11) is 0. The van der Waals surface area contributed by atoms with E-state index in [1.54, 1.807) is 37.3 Å². The van der Waals surface area contributed by atoms with E-state index >= 15 is 0 Å². The van der Waals surface area contributed by atoms with Crippen molar-refractivity contribution in [3.63, 3.8) is 0 Å². The van der Waals surface area contributed by atoms with E-state index in [1.807, 2.05) is 0 Å². The van der Waals surface area contributed by atoms with Gasteiger partial charge in [0.1, 0.15) is 5.82 Å². The molecule has 0 fully saturated rings. The van der Waals surface area contributed by atoms with E-state index in [9.17, 15) is 13.2 Å². The molecule has 0 unspecified atom stereocenters. The Labute approximate surface area is 153 Å². The van der Waals surface area contributed by atoms with Gasteiger partial charge in [0.05, 0.1) is 17.2 Å². The fourth-order valence-electron chi connectivity index (χ4n) is 2.37. The molecular formula is C19H14F3N5. The van der Waals surface area contributed by atoms with Gasteiger partial charge < -0.3 is 10.6 Å². The smallest absolute Gasteiger partial charge is 0.340 e. The average molecular weight is 369 g/mol. The number of hydrogen-bond donors (Lipinski definition) is 2. The van der Waals surface area contributed by atoms with Crippen LogP contribution in [0.2, 0.25) is 0 Å². The molecule has 2 aromatic carbocycles. The lowest BCUT2D eigenvalue weighted by Crippen LogP contribution is -2.05. The summed E-state index contributed by atoms with van der Waals surface area (Å²) in [5.41, 5.74) is 1.57. The van der Waals surface area contributed by atoms with Crippen molar-refractivity contribution in [1.82, 2.24) is 9.97 Å². The van der Waals surface area contributed by atoms with Gasteiger partial charge in [-0.1, -0.05) is 6.07 Å². The summed E-state index contributed by atoms with van der Waals surface area (Å²) in [6.45, 7) is 1.77. The number of aromatic nitrogens is 2. The number of alkyl halides is 3. The molecule has 0 bridgehead atoms. The largest absolute Gasteiger partial charge is 0.416 e. The summed E-state index contributed by atoms with van der Waals surface area (Å²) in [6, 6.07) is 15.3. The highest BCUT2D eigenvalue weighted by Gasteiger charge is 2.29. The maximum atomic E-state index is 12.6. The lowest BCUT2D eigenvalue weighted by atomic mass is 10.2. The Morgan fingerprint density at radius 2 is 1.67 bits per heavy atom. The second-order valence-electron chi connectivity index (χ2n) is 5.74. The quantitative estimate of drug-likeness (QED) is 0.664. The lowest BCUT2D eigenvalue weighted by Gasteiger charge is -2.11. The van der Waals surface area contributed by atoms with Gasteiger partial charge >= 0.3 is 6.18 Å². The van der Waals surface area contributed by atoms with Crippen LogP contribution in [0, 0.1) is 18.3 Å². The van der Waals surface area contributed by atoms with Gasteiger partial charge in [-0.05, 0) is 49.4 Å². The summed E-state index contributed by atoms with van der Waals surface area (Å²) in [5.74, 6) is 0.737. The molecule has 0 aliphatic carbocycles. The number of hydrogen-bond acceptors (Lipinski definition) is 5. The Kier molecular flexibility index (Phi) is 4.94. The van der Waals surface area contributed by atoms with Crippen LogP contribution in [-0.2, 0) is 6.18 Å². The first kappa shape index (κ1) is 18.2. The van der Waals surface area contributed by atoms with Crippen molar-refractivity contribution in [2.45, 2.75) is 13.1 Å². The fraction of sp³-hybridized carbons (Fsp3) is 0.105. The van der Waals surface area contributed by atoms with Gasteiger partial charge in [0.2, 0.25) is 5.95 Å². The molecule has 1 aromatic heterocycles. The molecule has 1 heterocycles. The molecule has 3 rings (SSSR count). The van der Waals surface area contributed by atoms with Crippen molar-refractivity contribution in [2.24, 2.45) is 0 Å². The van der Waals surface area contributed by atoms with E-state index in [1.165, 1.54) is 12.1 Å². The van der Waals surface area contributed by atoms with Gasteiger partial charge in [0, 0.05) is 23.1 Å². The second kappa shape index (κ2) is 7.33. The molecule has 136 valence electrons. The highest BCUT2D eigenvalue weighted by atomic mass is 19.4. The molecule has 0 aliphatic rings. The van der Waals surface area contributed by atoms with Crippen LogP contribution in [0.25, 0.3) is 0 Å². The minimum Gasteiger partial charge on any atom is -0.340 e. The third-order valence-electron chi connectivity index (χ3n) is 3.59. The summed E-state index contributed by atoms with van der Waals surface area (Å²) in [5, 5.41) is 14.9. The Morgan fingerprint density at radius 1 is 0.926 bits per heavy atom. The first-order valence-electron chi connectivity index (χ1n) is 7.91. The van der Waals surface area contributed by atoms with Crippen molar-refractivity contribution in [2.75, 3.05) is 10.6 Å². The van der Waals surface area contributed by atoms with Crippen molar-refractivity contribution in [3.05, 3.63) is 71.4 Å². The zero-order valence-electron chi connectivity index (χ0n) is 14.2. The molecule has 0 saturated carbocycles. The third-order valence-corrected chi connectivity index (χ3v) is 3.59. The normalized spacial score (nSPS) is 10.9. The molecule has 27 heavy (non-hydrogen) atoms. The first-order valence-corrected chi connectivity index (χ1v) is 7.91. The SMILES string of the molecule is Cc1cc(Nc2cccc(C#N)c2)nc(Nc2ccc(C(F)(F)F)cc2)n1. The molecule has 0 aliphatic heterocycles. The molecule has 0 amide bonds. The number of rotatable bonds is 4. The molecule has 0 atom stereocenters. The molecule has 0 radical (unpaired) electrons. The van der Waals surface area contributed by atoms with E-state index in [2.05, 4.69) is 26.7 Å². The van der Waals surface area contributed by atoms with E-state index in [0.29, 0.717) is 28.5 Å². The number of halogens is 3. The number of nitrogens with zero attached hydrogens (tertiary/aromatic N) is 3. The van der Waals surface area contributed by atoms with Gasteiger partial charge in [0.15, 0.2) is 0 Å². The predicted molar refractivity (Wildman–Crippen MR) is 95.9 cm³/mol. The standard InChI is InChI=1S/C19H14F3N5/c1-12-9-17(25-16-4-2-3-13(10-16)11-23)27-18(24-12)26-15-7-5-14(6-8-15)19(20,21)22/h2-10H,1H3,(H2,24,25,26,27). The lowest BCUT2D eigenvalue weighted by molar-refractivity contribution is -0.137. The Balaban J connectivity index is 1.80. The van der Waals surface area contributed by atoms with E-state index in [4.69, 9.17) is 5.26 Å². The van der Waals surface area contributed by atoms with Crippen LogP contribution < -0.4 is 10.6 Å². The summed E-state index contributed by atoms with van der Waals surface area (Å²) >= 11 is 0. The second-order valence-corrected chi connectivity index (χ2v) is 5.74. The maximum absolute atomic E-state index is 12.6. The monoisotopic (exact) mass is 369 g/mol. The van der Waals surface area contributed by atoms with Crippen LogP contribution in [0.15, 0.2) is 54.6 Å². The minimum absolute atomic E-state index is 0.244. The fourth-order valence-corrected chi connectivity index (χ4v) is 2.37. The van der Waals surface area contributed by atoms with Crippen molar-refractivity contribution >= 4 is 23.1 Å². The summed E-state index contributed by atoms with van der Waals surface area (Å²) in [6.07, 6.45) is -4.38. The van der Waals surface area contributed by atoms with Crippen LogP contribution in [0.5, 0.6) is 0 Å². The number of benzene rings is 2. The maximum Gasteiger partial charge on any atom is 0.416 e. The van der Waals surface area contributed by atoms with Crippen molar-refractivity contribution in [3.8, 4) is 6.07 Å². The van der Waals surface area contributed by atoms with Gasteiger partial charge in [-0.15, -0.1) is 0 Å². The number of aryl methyl sites for hydroxylation is 1. The summed E-state index contributed by atoms with van der Waals surface area (Å²) in [4.78, 5) is 8.55. The van der Waals surface area contributed by atoms with Crippen LogP contribution in [-0.4, -0.2) is 9.97 Å². The molecule has 5 nitrogen and oxygen atoms in total. The van der Waals surface area contributed by atoms with Crippen molar-refractivity contribution < 1.29 is 13.2 Å². The Bertz CT molecular complexity index is 991. The van der Waals surface area contributed by atoms with E-state index in [-0.39, 0.29) is 5.95 Å². The number of anilines is 4. The van der Waals surface area contributed by atoms with Crippen LogP contribution >= 0.6 is 0 Å². The molecule has 3 aromatic rings. The van der Waals surface area contributed by atoms with Crippen LogP contribution in [0.1, 0.15) is 16.8 Å². The van der Waals surface area contributed by atoms with Crippen LogP contribution in [0.4, 0.5) is 36.3 Å². The highest BCUT2D eigenvalue weighted by Crippen LogP contribution is 2.30. The number of nitriles is 1. The highest BCUT2D eigenvalue weighted by molar-refractivity contribution is 5.61. The van der Waals surface area contributed by atoms with E-state index < -0.39 is 11.7 Å². The van der Waals surface area contributed by atoms with Gasteiger partial charge in [-0.2, -0.15) is 23.4 Å². The predicted octanol–water partition coefficient (Wildman–Crippen LogP) is 5.16. The first-order chi connectivity index (χ1) is 12.8. The third kappa shape index (κ3) is 4.73. The topological polar surface area (TPSA) is 73.6 Å². The Hall–Kier alpha value is -3.60. The molecule has 2 N–H and O–H groups in total. The van der Waals surface area contributed by atoms with Crippen molar-refractivity contribution in [1.29, 1.82) is 5.26 Å². The number of nitrogens with one attached hydrogen (secondary N) is 2. The molecule has 8 heteroatoms. The van der Waals surface area contributed by atoms with Gasteiger partial charge in [0.25, 0.3) is 0 Å². The minimum atomic E-state index is -4.38. The zero-order valence-corrected chi connectivity index (χ0v) is 14.2. The zero-order chi connectivity index (χ0) is 19.4. The van der Waals surface area contributed by atoms with Gasteiger partial charge in [-0.25, -0.2) is 4.98 Å². The molecular weight excluding hydrogens is 355 g/mol. The average Bonchev–Trinajstić information content (AvgIpc) is 2.61. The Morgan fingerprint density at radius 3 is 2.33 bits per heavy atom. The molecule has 0 saturated heterocycles. The van der Waals surface area contributed by atoms with Crippen LogP contribution in [0.3, 0.4) is 0 Å². The molecule has 0 spiro atoms. The van der Waals surface area contributed by atoms with E-state index in [0.717, 1.165) is 12.1 Å².